The molecule has 0 aliphatic heterocycles. The van der Waals surface area contributed by atoms with Gasteiger partial charge in [-0.3, -0.25) is 4.99 Å². The SMILES string of the molecule is Cc1ccc(O[Si](C)C)c(N=CCc2ccco2)c1. The van der Waals surface area contributed by atoms with Gasteiger partial charge in [-0.15, -0.1) is 0 Å². The first-order chi connectivity index (χ1) is 9.15. The highest BCUT2D eigenvalue weighted by Crippen LogP contribution is 2.28. The van der Waals surface area contributed by atoms with Gasteiger partial charge in [0.15, 0.2) is 0 Å². The fourth-order valence-electron chi connectivity index (χ4n) is 1.70. The first kappa shape index (κ1) is 13.6. The van der Waals surface area contributed by atoms with Crippen molar-refractivity contribution in [2.45, 2.75) is 26.4 Å². The zero-order valence-electron chi connectivity index (χ0n) is 11.5. The highest BCUT2D eigenvalue weighted by Gasteiger charge is 2.06. The van der Waals surface area contributed by atoms with Gasteiger partial charge in [-0.2, -0.15) is 0 Å². The smallest absolute Gasteiger partial charge is 0.274 e. The van der Waals surface area contributed by atoms with Crippen LogP contribution in [0.1, 0.15) is 11.3 Å². The van der Waals surface area contributed by atoms with E-state index < -0.39 is 9.04 Å². The number of benzene rings is 1. The van der Waals surface area contributed by atoms with Gasteiger partial charge in [0.2, 0.25) is 0 Å². The molecule has 0 atom stereocenters. The van der Waals surface area contributed by atoms with Crippen LogP contribution in [-0.4, -0.2) is 15.3 Å². The second kappa shape index (κ2) is 6.38. The summed E-state index contributed by atoms with van der Waals surface area (Å²) in [7, 11) is -0.781. The van der Waals surface area contributed by atoms with Crippen molar-refractivity contribution in [3.8, 4) is 5.75 Å². The van der Waals surface area contributed by atoms with Crippen molar-refractivity contribution in [1.82, 2.24) is 0 Å². The maximum absolute atomic E-state index is 5.85. The molecule has 99 valence electrons. The molecule has 0 spiro atoms. The molecule has 1 aromatic heterocycles. The number of aryl methyl sites for hydroxylation is 1. The summed E-state index contributed by atoms with van der Waals surface area (Å²) < 4.78 is 11.1. The third-order valence-corrected chi connectivity index (χ3v) is 3.16. The Morgan fingerprint density at radius 1 is 1.32 bits per heavy atom. The van der Waals surface area contributed by atoms with Crippen LogP contribution in [0.15, 0.2) is 46.0 Å². The van der Waals surface area contributed by atoms with E-state index in [2.05, 4.69) is 25.0 Å². The van der Waals surface area contributed by atoms with Crippen molar-refractivity contribution in [3.63, 3.8) is 0 Å². The van der Waals surface area contributed by atoms with Crippen LogP contribution in [0.3, 0.4) is 0 Å². The minimum Gasteiger partial charge on any atom is -0.541 e. The maximum atomic E-state index is 5.85. The van der Waals surface area contributed by atoms with Crippen LogP contribution in [-0.2, 0) is 6.42 Å². The van der Waals surface area contributed by atoms with Crippen LogP contribution in [0, 0.1) is 6.92 Å². The molecule has 0 fully saturated rings. The van der Waals surface area contributed by atoms with Crippen LogP contribution >= 0.6 is 0 Å². The number of hydrogen-bond donors (Lipinski definition) is 0. The summed E-state index contributed by atoms with van der Waals surface area (Å²) in [5, 5.41) is 0. The highest BCUT2D eigenvalue weighted by molar-refractivity contribution is 6.49. The lowest BCUT2D eigenvalue weighted by molar-refractivity contribution is 0.527. The van der Waals surface area contributed by atoms with Crippen molar-refractivity contribution < 1.29 is 8.84 Å². The summed E-state index contributed by atoms with van der Waals surface area (Å²) >= 11 is 0. The molecule has 2 aromatic rings. The Morgan fingerprint density at radius 2 is 2.16 bits per heavy atom. The molecule has 3 nitrogen and oxygen atoms in total. The van der Waals surface area contributed by atoms with Crippen molar-refractivity contribution in [1.29, 1.82) is 0 Å². The fourth-order valence-corrected chi connectivity index (χ4v) is 2.31. The van der Waals surface area contributed by atoms with Crippen molar-refractivity contribution in [3.05, 3.63) is 47.9 Å². The molecule has 0 bridgehead atoms. The summed E-state index contributed by atoms with van der Waals surface area (Å²) in [5.74, 6) is 1.77. The zero-order chi connectivity index (χ0) is 13.7. The van der Waals surface area contributed by atoms with Gasteiger partial charge in [0, 0.05) is 12.6 Å². The molecule has 0 saturated carbocycles. The van der Waals surface area contributed by atoms with Crippen molar-refractivity contribution in [2.24, 2.45) is 4.99 Å². The van der Waals surface area contributed by atoms with Gasteiger partial charge in [-0.25, -0.2) is 0 Å². The van der Waals surface area contributed by atoms with Gasteiger partial charge in [0.05, 0.1) is 6.26 Å². The van der Waals surface area contributed by atoms with E-state index in [9.17, 15) is 0 Å². The number of hydrogen-bond acceptors (Lipinski definition) is 3. The Hall–Kier alpha value is -1.81. The lowest BCUT2D eigenvalue weighted by atomic mass is 10.2. The van der Waals surface area contributed by atoms with Crippen LogP contribution in [0.5, 0.6) is 5.75 Å². The van der Waals surface area contributed by atoms with E-state index in [1.54, 1.807) is 6.26 Å². The van der Waals surface area contributed by atoms with E-state index in [0.29, 0.717) is 6.42 Å². The molecular weight excluding hydrogens is 254 g/mol. The molecule has 0 N–H and O–H groups in total. The molecule has 0 aliphatic carbocycles. The monoisotopic (exact) mass is 272 g/mol. The van der Waals surface area contributed by atoms with E-state index in [4.69, 9.17) is 8.84 Å². The minimum absolute atomic E-state index is 0.691. The maximum Gasteiger partial charge on any atom is 0.274 e. The van der Waals surface area contributed by atoms with E-state index in [0.717, 1.165) is 17.2 Å². The Bertz CT molecular complexity index is 547. The highest BCUT2D eigenvalue weighted by atomic mass is 28.3. The predicted molar refractivity (Wildman–Crippen MR) is 79.9 cm³/mol. The fraction of sp³-hybridized carbons (Fsp3) is 0.267. The predicted octanol–water partition coefficient (Wildman–Crippen LogP) is 4.16. The first-order valence-corrected chi connectivity index (χ1v) is 8.69. The zero-order valence-corrected chi connectivity index (χ0v) is 12.5. The van der Waals surface area contributed by atoms with Gasteiger partial charge >= 0.3 is 0 Å². The van der Waals surface area contributed by atoms with Crippen LogP contribution in [0.2, 0.25) is 13.1 Å². The summed E-state index contributed by atoms with van der Waals surface area (Å²) in [6.07, 6.45) is 4.22. The van der Waals surface area contributed by atoms with Gasteiger partial charge in [0.25, 0.3) is 9.04 Å². The topological polar surface area (TPSA) is 34.7 Å². The summed E-state index contributed by atoms with van der Waals surface area (Å²) in [5.41, 5.74) is 2.07. The van der Waals surface area contributed by atoms with Crippen LogP contribution in [0.25, 0.3) is 0 Å². The molecule has 0 unspecified atom stereocenters. The number of rotatable bonds is 5. The van der Waals surface area contributed by atoms with E-state index in [1.807, 2.05) is 36.5 Å². The lowest BCUT2D eigenvalue weighted by Crippen LogP contribution is -2.11. The Balaban J connectivity index is 2.13. The van der Waals surface area contributed by atoms with Crippen molar-refractivity contribution in [2.75, 3.05) is 0 Å². The molecule has 4 heteroatoms. The molecular formula is C15H18NO2Si. The van der Waals surface area contributed by atoms with Crippen LogP contribution < -0.4 is 4.43 Å². The van der Waals surface area contributed by atoms with E-state index in [1.165, 1.54) is 5.56 Å². The standard InChI is InChI=1S/C15H18NO2Si/c1-12-6-7-15(18-19(2)3)14(11-12)16-9-8-13-5-4-10-17-13/h4-7,9-11H,8H2,1-3H3. The molecule has 0 saturated heterocycles. The molecule has 1 aromatic carbocycles. The molecule has 19 heavy (non-hydrogen) atoms. The lowest BCUT2D eigenvalue weighted by Gasteiger charge is -2.11. The molecule has 0 aliphatic rings. The van der Waals surface area contributed by atoms with Crippen molar-refractivity contribution >= 4 is 20.9 Å². The molecule has 1 radical (unpaired) electrons. The van der Waals surface area contributed by atoms with Gasteiger partial charge < -0.3 is 8.84 Å². The quantitative estimate of drug-likeness (QED) is 0.605. The third kappa shape index (κ3) is 4.10. The first-order valence-electron chi connectivity index (χ1n) is 6.29. The van der Waals surface area contributed by atoms with Crippen LogP contribution in [0.4, 0.5) is 5.69 Å². The summed E-state index contributed by atoms with van der Waals surface area (Å²) in [4.78, 5) is 4.50. The number of nitrogens with zero attached hydrogens (tertiary/aromatic N) is 1. The Labute approximate surface area is 115 Å². The van der Waals surface area contributed by atoms with E-state index in [-0.39, 0.29) is 0 Å². The second-order valence-corrected chi connectivity index (χ2v) is 6.60. The van der Waals surface area contributed by atoms with Gasteiger partial charge in [0.1, 0.15) is 17.2 Å². The Morgan fingerprint density at radius 3 is 2.84 bits per heavy atom. The average Bonchev–Trinajstić information content (AvgIpc) is 2.85. The largest absolute Gasteiger partial charge is 0.541 e. The summed E-state index contributed by atoms with van der Waals surface area (Å²) in [6, 6.07) is 9.91. The minimum atomic E-state index is -0.781. The average molecular weight is 272 g/mol. The van der Waals surface area contributed by atoms with E-state index >= 15 is 0 Å². The number of furan rings is 1. The van der Waals surface area contributed by atoms with Gasteiger partial charge in [-0.1, -0.05) is 6.07 Å². The van der Waals surface area contributed by atoms with Gasteiger partial charge in [-0.05, 0) is 49.8 Å². The number of aliphatic imine (C=N–C) groups is 1. The molecule has 2 rings (SSSR count). The molecule has 0 amide bonds. The second-order valence-electron chi connectivity index (χ2n) is 4.58. The third-order valence-electron chi connectivity index (χ3n) is 2.53. The summed E-state index contributed by atoms with van der Waals surface area (Å²) in [6.45, 7) is 6.28. The normalized spacial score (nSPS) is 11.4. The Kier molecular flexibility index (Phi) is 4.57. The molecule has 1 heterocycles.